The predicted molar refractivity (Wildman–Crippen MR) is 114 cm³/mol. The Morgan fingerprint density at radius 3 is 2.32 bits per heavy atom. The third kappa shape index (κ3) is 2.87. The normalized spacial score (nSPS) is 14.5. The second-order valence-corrected chi connectivity index (χ2v) is 8.55. The number of benzene rings is 2. The van der Waals surface area contributed by atoms with Gasteiger partial charge < -0.3 is 0 Å². The average Bonchev–Trinajstić information content (AvgIpc) is 2.99. The van der Waals surface area contributed by atoms with E-state index in [1.807, 2.05) is 30.5 Å². The lowest BCUT2D eigenvalue weighted by molar-refractivity contribution is -0.694. The molecular weight excluding hydrogens is 397 g/mol. The fraction of sp³-hybridized carbons (Fsp3) is 0.231. The molecule has 156 valence electrons. The molecular formula is C26H23F3N2+2. The van der Waals surface area contributed by atoms with Crippen LogP contribution in [0.3, 0.4) is 0 Å². The molecule has 0 unspecified atom stereocenters. The molecule has 0 radical (unpaired) electrons. The number of halogens is 3. The van der Waals surface area contributed by atoms with Crippen LogP contribution in [0.5, 0.6) is 0 Å². The molecule has 0 fully saturated rings. The molecule has 2 aromatic heterocycles. The van der Waals surface area contributed by atoms with Gasteiger partial charge in [0, 0.05) is 40.3 Å². The van der Waals surface area contributed by atoms with Crippen molar-refractivity contribution in [2.75, 3.05) is 0 Å². The van der Waals surface area contributed by atoms with Crippen molar-refractivity contribution in [3.8, 4) is 16.8 Å². The lowest BCUT2D eigenvalue weighted by Gasteiger charge is -2.19. The maximum absolute atomic E-state index is 13.8. The summed E-state index contributed by atoms with van der Waals surface area (Å²) in [4.78, 5) is 0. The Kier molecular flexibility index (Phi) is 4.23. The molecule has 0 saturated carbocycles. The van der Waals surface area contributed by atoms with Crippen molar-refractivity contribution in [1.82, 2.24) is 0 Å². The first kappa shape index (κ1) is 19.7. The highest BCUT2D eigenvalue weighted by Crippen LogP contribution is 2.50. The van der Waals surface area contributed by atoms with E-state index < -0.39 is 11.7 Å². The molecule has 0 amide bonds. The molecule has 2 aromatic carbocycles. The Hall–Kier alpha value is -3.21. The maximum Gasteiger partial charge on any atom is 0.422 e. The first-order valence-electron chi connectivity index (χ1n) is 10.4. The Labute approximate surface area is 179 Å². The first-order chi connectivity index (χ1) is 14.7. The highest BCUT2D eigenvalue weighted by molar-refractivity contribution is 5.99. The fourth-order valence-electron chi connectivity index (χ4n) is 4.79. The highest BCUT2D eigenvalue weighted by Gasteiger charge is 2.43. The standard InChI is InChI=1S/C26H23F3N2/c1-4-30-14-13-17-20(15-30)25(2,3)21-16-31(22-11-7-5-9-18(22)24(17)21)23-12-8-6-10-19(23)26(27,28)29/h5-16H,4H2,1-3H3/q+2. The summed E-state index contributed by atoms with van der Waals surface area (Å²) in [5.74, 6) is 0. The third-order valence-corrected chi connectivity index (χ3v) is 6.43. The van der Waals surface area contributed by atoms with Gasteiger partial charge in [0.1, 0.15) is 12.1 Å². The summed E-state index contributed by atoms with van der Waals surface area (Å²) in [6.45, 7) is 7.25. The van der Waals surface area contributed by atoms with Gasteiger partial charge in [-0.25, -0.2) is 4.57 Å². The van der Waals surface area contributed by atoms with E-state index in [-0.39, 0.29) is 11.1 Å². The number of para-hydroxylation sites is 2. The number of fused-ring (bicyclic) bond motifs is 5. The van der Waals surface area contributed by atoms with Gasteiger partial charge in [0.05, 0.1) is 5.39 Å². The van der Waals surface area contributed by atoms with E-state index in [9.17, 15) is 13.2 Å². The number of aromatic nitrogens is 2. The van der Waals surface area contributed by atoms with Crippen molar-refractivity contribution in [2.24, 2.45) is 0 Å². The van der Waals surface area contributed by atoms with Gasteiger partial charge in [-0.15, -0.1) is 0 Å². The molecule has 0 saturated heterocycles. The third-order valence-electron chi connectivity index (χ3n) is 6.43. The second kappa shape index (κ2) is 6.64. The van der Waals surface area contributed by atoms with E-state index in [1.54, 1.807) is 16.7 Å². The highest BCUT2D eigenvalue weighted by atomic mass is 19.4. The lowest BCUT2D eigenvalue weighted by atomic mass is 9.83. The number of hydrogen-bond acceptors (Lipinski definition) is 0. The van der Waals surface area contributed by atoms with Gasteiger partial charge in [-0.2, -0.15) is 17.7 Å². The van der Waals surface area contributed by atoms with E-state index in [0.717, 1.165) is 40.2 Å². The van der Waals surface area contributed by atoms with Crippen molar-refractivity contribution < 1.29 is 22.3 Å². The van der Waals surface area contributed by atoms with Gasteiger partial charge in [-0.1, -0.05) is 38.1 Å². The second-order valence-electron chi connectivity index (χ2n) is 8.55. The Balaban J connectivity index is 1.89. The Bertz CT molecular complexity index is 1340. The molecule has 4 aromatic rings. The number of rotatable bonds is 2. The molecule has 2 nitrogen and oxygen atoms in total. The average molecular weight is 420 g/mol. The zero-order chi connectivity index (χ0) is 22.0. The number of aryl methyl sites for hydroxylation is 1. The Morgan fingerprint density at radius 1 is 0.871 bits per heavy atom. The molecule has 0 bridgehead atoms. The van der Waals surface area contributed by atoms with Crippen LogP contribution in [0.25, 0.3) is 27.7 Å². The number of nitrogens with zero attached hydrogens (tertiary/aromatic N) is 2. The van der Waals surface area contributed by atoms with Gasteiger partial charge in [-0.3, -0.25) is 0 Å². The molecule has 31 heavy (non-hydrogen) atoms. The van der Waals surface area contributed by atoms with Gasteiger partial charge in [0.2, 0.25) is 11.2 Å². The molecule has 1 aliphatic rings. The van der Waals surface area contributed by atoms with Gasteiger partial charge in [0.25, 0.3) is 0 Å². The van der Waals surface area contributed by atoms with Crippen LogP contribution in [0.1, 0.15) is 37.5 Å². The molecule has 0 spiro atoms. The molecule has 0 atom stereocenters. The number of alkyl halides is 3. The van der Waals surface area contributed by atoms with Crippen molar-refractivity contribution in [2.45, 2.75) is 38.9 Å². The number of hydrogen-bond donors (Lipinski definition) is 0. The molecule has 1 aliphatic carbocycles. The number of pyridine rings is 2. The van der Waals surface area contributed by atoms with Gasteiger partial charge in [0.15, 0.2) is 18.6 Å². The maximum atomic E-state index is 13.8. The zero-order valence-electron chi connectivity index (χ0n) is 17.7. The van der Waals surface area contributed by atoms with E-state index in [0.29, 0.717) is 0 Å². The van der Waals surface area contributed by atoms with Gasteiger partial charge in [-0.05, 0) is 24.6 Å². The quantitative estimate of drug-likeness (QED) is 0.365. The summed E-state index contributed by atoms with van der Waals surface area (Å²) in [5.41, 5.74) is 4.42. The molecule has 2 heterocycles. The zero-order valence-corrected chi connectivity index (χ0v) is 17.7. The van der Waals surface area contributed by atoms with Crippen LogP contribution >= 0.6 is 0 Å². The Morgan fingerprint density at radius 2 is 1.58 bits per heavy atom. The molecule has 0 N–H and O–H groups in total. The smallest absolute Gasteiger partial charge is 0.205 e. The van der Waals surface area contributed by atoms with Crippen LogP contribution in [0, 0.1) is 0 Å². The van der Waals surface area contributed by atoms with Crippen LogP contribution in [0.4, 0.5) is 13.2 Å². The SMILES string of the molecule is CC[n+]1ccc2c(c1)C(C)(C)c1c[n+](-c3ccccc3C(F)(F)F)c3ccccc3c1-2. The van der Waals surface area contributed by atoms with E-state index >= 15 is 0 Å². The predicted octanol–water partition coefficient (Wildman–Crippen LogP) is 5.75. The minimum Gasteiger partial charge on any atom is -0.205 e. The van der Waals surface area contributed by atoms with Crippen molar-refractivity contribution >= 4 is 10.9 Å². The summed E-state index contributed by atoms with van der Waals surface area (Å²) >= 11 is 0. The summed E-state index contributed by atoms with van der Waals surface area (Å²) in [6.07, 6.45) is 1.70. The summed E-state index contributed by atoms with van der Waals surface area (Å²) in [5, 5.41) is 0.957. The van der Waals surface area contributed by atoms with Crippen LogP contribution in [0.2, 0.25) is 0 Å². The van der Waals surface area contributed by atoms with Crippen LogP contribution < -0.4 is 9.13 Å². The van der Waals surface area contributed by atoms with E-state index in [2.05, 4.69) is 43.8 Å². The van der Waals surface area contributed by atoms with Crippen LogP contribution in [0.15, 0.2) is 73.2 Å². The summed E-state index contributed by atoms with van der Waals surface area (Å²) < 4.78 is 45.4. The van der Waals surface area contributed by atoms with Crippen molar-refractivity contribution in [3.05, 3.63) is 89.9 Å². The fourth-order valence-corrected chi connectivity index (χ4v) is 4.79. The topological polar surface area (TPSA) is 7.76 Å². The minimum absolute atomic E-state index is 0.143. The van der Waals surface area contributed by atoms with E-state index in [1.165, 1.54) is 11.6 Å². The largest absolute Gasteiger partial charge is 0.422 e. The van der Waals surface area contributed by atoms with Crippen LogP contribution in [-0.4, -0.2) is 0 Å². The lowest BCUT2D eigenvalue weighted by Crippen LogP contribution is -2.36. The summed E-state index contributed by atoms with van der Waals surface area (Å²) in [6, 6.07) is 15.6. The van der Waals surface area contributed by atoms with Crippen molar-refractivity contribution in [1.29, 1.82) is 0 Å². The molecule has 5 heteroatoms. The molecule has 0 aliphatic heterocycles. The molecule has 5 rings (SSSR count). The summed E-state index contributed by atoms with van der Waals surface area (Å²) in [7, 11) is 0. The van der Waals surface area contributed by atoms with Crippen LogP contribution in [-0.2, 0) is 18.1 Å². The minimum atomic E-state index is -4.44. The van der Waals surface area contributed by atoms with Gasteiger partial charge >= 0.3 is 6.18 Å². The van der Waals surface area contributed by atoms with E-state index in [4.69, 9.17) is 0 Å². The van der Waals surface area contributed by atoms with Crippen molar-refractivity contribution in [3.63, 3.8) is 0 Å². The first-order valence-corrected chi connectivity index (χ1v) is 10.4. The monoisotopic (exact) mass is 420 g/mol.